The van der Waals surface area contributed by atoms with Gasteiger partial charge in [-0.3, -0.25) is 0 Å². The van der Waals surface area contributed by atoms with Crippen molar-refractivity contribution in [2.45, 2.75) is 6.92 Å². The molecule has 0 aliphatic rings. The fourth-order valence-electron chi connectivity index (χ4n) is 1.93. The zero-order valence-electron chi connectivity index (χ0n) is 11.7. The van der Waals surface area contributed by atoms with Gasteiger partial charge in [0.15, 0.2) is 0 Å². The SMILES string of the molecule is Cc1ccc(Nc2ccc(C(=O)O)nc2)cc1N(C)C. The quantitative estimate of drug-likeness (QED) is 0.895. The highest BCUT2D eigenvalue weighted by Gasteiger charge is 2.05. The predicted molar refractivity (Wildman–Crippen MR) is 80.0 cm³/mol. The highest BCUT2D eigenvalue weighted by Crippen LogP contribution is 2.24. The van der Waals surface area contributed by atoms with E-state index >= 15 is 0 Å². The lowest BCUT2D eigenvalue weighted by atomic mass is 10.1. The first-order valence-corrected chi connectivity index (χ1v) is 6.21. The van der Waals surface area contributed by atoms with E-state index in [-0.39, 0.29) is 5.69 Å². The number of carboxylic acid groups (broad SMARTS) is 1. The molecule has 1 aromatic heterocycles. The second-order valence-electron chi connectivity index (χ2n) is 4.76. The lowest BCUT2D eigenvalue weighted by Crippen LogP contribution is -2.10. The number of nitrogens with one attached hydrogen (secondary N) is 1. The van der Waals surface area contributed by atoms with Crippen molar-refractivity contribution < 1.29 is 9.90 Å². The molecule has 1 aromatic carbocycles. The number of carboxylic acids is 1. The van der Waals surface area contributed by atoms with Crippen molar-refractivity contribution in [3.05, 3.63) is 47.8 Å². The molecule has 0 fully saturated rings. The van der Waals surface area contributed by atoms with Gasteiger partial charge in [0, 0.05) is 25.5 Å². The third-order valence-corrected chi connectivity index (χ3v) is 2.96. The zero-order valence-corrected chi connectivity index (χ0v) is 11.7. The average molecular weight is 271 g/mol. The molecule has 0 saturated heterocycles. The fraction of sp³-hybridized carbons (Fsp3) is 0.200. The van der Waals surface area contributed by atoms with Gasteiger partial charge in [-0.05, 0) is 36.8 Å². The summed E-state index contributed by atoms with van der Waals surface area (Å²) in [6.07, 6.45) is 1.51. The van der Waals surface area contributed by atoms with Crippen LogP contribution >= 0.6 is 0 Å². The van der Waals surface area contributed by atoms with Crippen molar-refractivity contribution in [1.82, 2.24) is 4.98 Å². The number of nitrogens with zero attached hydrogens (tertiary/aromatic N) is 2. The number of hydrogen-bond acceptors (Lipinski definition) is 4. The van der Waals surface area contributed by atoms with Crippen molar-refractivity contribution in [3.63, 3.8) is 0 Å². The molecule has 104 valence electrons. The van der Waals surface area contributed by atoms with E-state index in [4.69, 9.17) is 5.11 Å². The highest BCUT2D eigenvalue weighted by molar-refractivity contribution is 5.85. The molecule has 5 heteroatoms. The first-order valence-electron chi connectivity index (χ1n) is 6.21. The lowest BCUT2D eigenvalue weighted by Gasteiger charge is -2.17. The second kappa shape index (κ2) is 5.61. The minimum Gasteiger partial charge on any atom is -0.477 e. The lowest BCUT2D eigenvalue weighted by molar-refractivity contribution is 0.0690. The Morgan fingerprint density at radius 2 is 1.90 bits per heavy atom. The summed E-state index contributed by atoms with van der Waals surface area (Å²) in [6.45, 7) is 2.06. The van der Waals surface area contributed by atoms with E-state index in [0.717, 1.165) is 17.1 Å². The van der Waals surface area contributed by atoms with Gasteiger partial charge in [-0.1, -0.05) is 6.07 Å². The Balaban J connectivity index is 2.21. The number of aromatic nitrogens is 1. The van der Waals surface area contributed by atoms with Crippen LogP contribution in [0.25, 0.3) is 0 Å². The molecule has 0 bridgehead atoms. The Kier molecular flexibility index (Phi) is 3.89. The van der Waals surface area contributed by atoms with E-state index in [1.54, 1.807) is 6.07 Å². The second-order valence-corrected chi connectivity index (χ2v) is 4.76. The minimum atomic E-state index is -1.03. The van der Waals surface area contributed by atoms with Crippen LogP contribution in [0.3, 0.4) is 0 Å². The molecule has 2 rings (SSSR count). The normalized spacial score (nSPS) is 10.2. The Bertz CT molecular complexity index is 622. The van der Waals surface area contributed by atoms with Gasteiger partial charge in [0.05, 0.1) is 11.9 Å². The van der Waals surface area contributed by atoms with Gasteiger partial charge in [0.25, 0.3) is 0 Å². The van der Waals surface area contributed by atoms with E-state index < -0.39 is 5.97 Å². The number of hydrogen-bond donors (Lipinski definition) is 2. The summed E-state index contributed by atoms with van der Waals surface area (Å²) in [5.41, 5.74) is 4.05. The van der Waals surface area contributed by atoms with E-state index in [1.165, 1.54) is 17.8 Å². The Morgan fingerprint density at radius 1 is 1.20 bits per heavy atom. The summed E-state index contributed by atoms with van der Waals surface area (Å²) in [7, 11) is 3.99. The number of rotatable bonds is 4. The maximum Gasteiger partial charge on any atom is 0.354 e. The maximum absolute atomic E-state index is 10.7. The van der Waals surface area contributed by atoms with E-state index in [2.05, 4.69) is 17.2 Å². The van der Waals surface area contributed by atoms with Crippen molar-refractivity contribution in [3.8, 4) is 0 Å². The number of aromatic carboxylic acids is 1. The molecule has 2 aromatic rings. The summed E-state index contributed by atoms with van der Waals surface area (Å²) in [5, 5.41) is 12.0. The molecule has 0 aliphatic heterocycles. The van der Waals surface area contributed by atoms with Crippen LogP contribution in [0.2, 0.25) is 0 Å². The third-order valence-electron chi connectivity index (χ3n) is 2.96. The van der Waals surface area contributed by atoms with Crippen molar-refractivity contribution in [2.75, 3.05) is 24.3 Å². The summed E-state index contributed by atoms with van der Waals surface area (Å²) in [5.74, 6) is -1.03. The smallest absolute Gasteiger partial charge is 0.354 e. The molecule has 0 saturated carbocycles. The van der Waals surface area contributed by atoms with Crippen LogP contribution in [0.15, 0.2) is 36.5 Å². The van der Waals surface area contributed by atoms with Crippen LogP contribution < -0.4 is 10.2 Å². The van der Waals surface area contributed by atoms with E-state index in [9.17, 15) is 4.79 Å². The van der Waals surface area contributed by atoms with Crippen LogP contribution in [-0.4, -0.2) is 30.2 Å². The number of pyridine rings is 1. The molecule has 0 atom stereocenters. The van der Waals surface area contributed by atoms with Crippen molar-refractivity contribution in [2.24, 2.45) is 0 Å². The summed E-state index contributed by atoms with van der Waals surface area (Å²) in [6, 6.07) is 9.24. The van der Waals surface area contributed by atoms with Gasteiger partial charge in [-0.2, -0.15) is 0 Å². The Labute approximate surface area is 117 Å². The molecule has 0 amide bonds. The first-order chi connectivity index (χ1) is 9.47. The Morgan fingerprint density at radius 3 is 2.45 bits per heavy atom. The number of carbonyl (C=O) groups is 1. The molecule has 1 heterocycles. The van der Waals surface area contributed by atoms with Crippen molar-refractivity contribution in [1.29, 1.82) is 0 Å². The van der Waals surface area contributed by atoms with Crippen molar-refractivity contribution >= 4 is 23.0 Å². The molecule has 2 N–H and O–H groups in total. The number of anilines is 3. The zero-order chi connectivity index (χ0) is 14.7. The molecule has 20 heavy (non-hydrogen) atoms. The molecule has 0 aliphatic carbocycles. The van der Waals surface area contributed by atoms with Gasteiger partial charge >= 0.3 is 5.97 Å². The summed E-state index contributed by atoms with van der Waals surface area (Å²) >= 11 is 0. The van der Waals surface area contributed by atoms with Crippen LogP contribution in [0, 0.1) is 6.92 Å². The van der Waals surface area contributed by atoms with E-state index in [1.807, 2.05) is 37.2 Å². The maximum atomic E-state index is 10.7. The molecule has 5 nitrogen and oxygen atoms in total. The number of benzene rings is 1. The standard InChI is InChI=1S/C15H17N3O2/c1-10-4-5-11(8-14(10)18(2)3)17-12-6-7-13(15(19)20)16-9-12/h4-9,17H,1-3H3,(H,19,20). The third kappa shape index (κ3) is 3.06. The van der Waals surface area contributed by atoms with Crippen LogP contribution in [0.5, 0.6) is 0 Å². The van der Waals surface area contributed by atoms with Gasteiger partial charge in [-0.15, -0.1) is 0 Å². The highest BCUT2D eigenvalue weighted by atomic mass is 16.4. The van der Waals surface area contributed by atoms with Gasteiger partial charge in [0.2, 0.25) is 0 Å². The average Bonchev–Trinajstić information content (AvgIpc) is 2.41. The molecular weight excluding hydrogens is 254 g/mol. The summed E-state index contributed by atoms with van der Waals surface area (Å²) < 4.78 is 0. The topological polar surface area (TPSA) is 65.5 Å². The van der Waals surface area contributed by atoms with Crippen LogP contribution in [0.4, 0.5) is 17.1 Å². The van der Waals surface area contributed by atoms with Gasteiger partial charge < -0.3 is 15.3 Å². The largest absolute Gasteiger partial charge is 0.477 e. The predicted octanol–water partition coefficient (Wildman–Crippen LogP) is 2.90. The molecule has 0 radical (unpaired) electrons. The molecule has 0 spiro atoms. The fourth-order valence-corrected chi connectivity index (χ4v) is 1.93. The van der Waals surface area contributed by atoms with Crippen LogP contribution in [-0.2, 0) is 0 Å². The Hall–Kier alpha value is -2.56. The monoisotopic (exact) mass is 271 g/mol. The minimum absolute atomic E-state index is 0.0356. The molecule has 0 unspecified atom stereocenters. The number of aryl methyl sites for hydroxylation is 1. The van der Waals surface area contributed by atoms with Gasteiger partial charge in [-0.25, -0.2) is 9.78 Å². The van der Waals surface area contributed by atoms with Gasteiger partial charge in [0.1, 0.15) is 5.69 Å². The van der Waals surface area contributed by atoms with E-state index in [0.29, 0.717) is 0 Å². The molecular formula is C15H17N3O2. The first kappa shape index (κ1) is 13.9. The van der Waals surface area contributed by atoms with Crippen LogP contribution in [0.1, 0.15) is 16.1 Å². The summed E-state index contributed by atoms with van der Waals surface area (Å²) in [4.78, 5) is 16.7.